The summed E-state index contributed by atoms with van der Waals surface area (Å²) in [4.78, 5) is 24.9. The predicted octanol–water partition coefficient (Wildman–Crippen LogP) is 3.39. The number of sulfonamides is 1. The van der Waals surface area contributed by atoms with E-state index < -0.39 is 32.6 Å². The number of nitrogens with one attached hydrogen (secondary N) is 2. The lowest BCUT2D eigenvalue weighted by Crippen LogP contribution is -2.29. The Morgan fingerprint density at radius 2 is 1.76 bits per heavy atom. The third kappa shape index (κ3) is 4.96. The van der Waals surface area contributed by atoms with Crippen LogP contribution in [0.2, 0.25) is 0 Å². The molecule has 0 spiro atoms. The molecule has 2 N–H and O–H groups in total. The van der Waals surface area contributed by atoms with Gasteiger partial charge in [-0.2, -0.15) is 4.31 Å². The minimum absolute atomic E-state index is 0.0417. The van der Waals surface area contributed by atoms with Crippen LogP contribution >= 0.6 is 0 Å². The standard InChI is InChI=1S/C23H22FN3O5S/c24-19-10-9-16(14-21(19)33(30,31)27-11-3-4-12-27)22(28)26-20-8-2-1-7-18(20)23(29)25-15-17-6-5-13-32-17/h1-2,5-10,13-14H,3-4,11-12,15H2,(H,25,29)(H,26,28). The number of furan rings is 1. The molecule has 1 aliphatic rings. The largest absolute Gasteiger partial charge is 0.467 e. The van der Waals surface area contributed by atoms with E-state index in [9.17, 15) is 22.4 Å². The molecular formula is C23H22FN3O5S. The van der Waals surface area contributed by atoms with E-state index in [2.05, 4.69) is 10.6 Å². The monoisotopic (exact) mass is 471 g/mol. The van der Waals surface area contributed by atoms with Crippen LogP contribution < -0.4 is 10.6 Å². The van der Waals surface area contributed by atoms with Crippen LogP contribution in [-0.2, 0) is 16.6 Å². The van der Waals surface area contributed by atoms with Gasteiger partial charge in [0.15, 0.2) is 0 Å². The summed E-state index contributed by atoms with van der Waals surface area (Å²) in [5.41, 5.74) is 0.400. The number of anilines is 1. The molecule has 0 radical (unpaired) electrons. The molecule has 0 saturated carbocycles. The molecule has 1 saturated heterocycles. The molecule has 2 amide bonds. The number of rotatable bonds is 7. The van der Waals surface area contributed by atoms with Crippen LogP contribution in [0.1, 0.15) is 39.3 Å². The molecule has 1 aromatic heterocycles. The molecule has 1 fully saturated rings. The van der Waals surface area contributed by atoms with Crippen LogP contribution in [-0.4, -0.2) is 37.6 Å². The van der Waals surface area contributed by atoms with Crippen molar-refractivity contribution in [3.8, 4) is 0 Å². The van der Waals surface area contributed by atoms with Crippen molar-refractivity contribution in [1.82, 2.24) is 9.62 Å². The van der Waals surface area contributed by atoms with E-state index in [1.165, 1.54) is 16.6 Å². The molecule has 10 heteroatoms. The normalized spacial score (nSPS) is 14.2. The third-order valence-corrected chi connectivity index (χ3v) is 7.21. The number of hydrogen-bond acceptors (Lipinski definition) is 5. The highest BCUT2D eigenvalue weighted by Crippen LogP contribution is 2.25. The van der Waals surface area contributed by atoms with Gasteiger partial charge in [0, 0.05) is 18.7 Å². The number of para-hydroxylation sites is 1. The SMILES string of the molecule is O=C(Nc1ccccc1C(=O)NCc1ccco1)c1ccc(F)c(S(=O)(=O)N2CCCC2)c1. The molecular weight excluding hydrogens is 449 g/mol. The zero-order valence-electron chi connectivity index (χ0n) is 17.6. The Bertz CT molecular complexity index is 1270. The first-order valence-corrected chi connectivity index (χ1v) is 11.8. The van der Waals surface area contributed by atoms with Crippen molar-refractivity contribution in [1.29, 1.82) is 0 Å². The van der Waals surface area contributed by atoms with E-state index in [-0.39, 0.29) is 23.4 Å². The molecule has 2 heterocycles. The maximum Gasteiger partial charge on any atom is 0.255 e. The van der Waals surface area contributed by atoms with Crippen molar-refractivity contribution in [2.24, 2.45) is 0 Å². The minimum Gasteiger partial charge on any atom is -0.467 e. The molecule has 1 aliphatic heterocycles. The van der Waals surface area contributed by atoms with Gasteiger partial charge in [-0.3, -0.25) is 9.59 Å². The molecule has 172 valence electrons. The highest BCUT2D eigenvalue weighted by atomic mass is 32.2. The summed E-state index contributed by atoms with van der Waals surface area (Å²) in [6.07, 6.45) is 2.91. The molecule has 0 bridgehead atoms. The topological polar surface area (TPSA) is 109 Å². The van der Waals surface area contributed by atoms with E-state index in [1.54, 1.807) is 36.4 Å². The first-order chi connectivity index (χ1) is 15.9. The van der Waals surface area contributed by atoms with Crippen molar-refractivity contribution in [2.75, 3.05) is 18.4 Å². The fourth-order valence-electron chi connectivity index (χ4n) is 3.57. The van der Waals surface area contributed by atoms with Gasteiger partial charge in [0.1, 0.15) is 16.5 Å². The number of nitrogens with zero attached hydrogens (tertiary/aromatic N) is 1. The van der Waals surface area contributed by atoms with E-state index >= 15 is 0 Å². The number of carbonyl (C=O) groups excluding carboxylic acids is 2. The van der Waals surface area contributed by atoms with Gasteiger partial charge in [0.2, 0.25) is 10.0 Å². The summed E-state index contributed by atoms with van der Waals surface area (Å²) >= 11 is 0. The van der Waals surface area contributed by atoms with E-state index in [4.69, 9.17) is 4.42 Å². The lowest BCUT2D eigenvalue weighted by molar-refractivity contribution is 0.0949. The van der Waals surface area contributed by atoms with Crippen molar-refractivity contribution in [3.05, 3.63) is 83.6 Å². The maximum atomic E-state index is 14.4. The van der Waals surface area contributed by atoms with Crippen molar-refractivity contribution in [2.45, 2.75) is 24.3 Å². The Balaban J connectivity index is 1.54. The Labute approximate surface area is 190 Å². The summed E-state index contributed by atoms with van der Waals surface area (Å²) in [7, 11) is -4.04. The van der Waals surface area contributed by atoms with Crippen LogP contribution in [0.25, 0.3) is 0 Å². The minimum atomic E-state index is -4.04. The average Bonchev–Trinajstić information content (AvgIpc) is 3.52. The Morgan fingerprint density at radius 3 is 2.48 bits per heavy atom. The number of halogens is 1. The lowest BCUT2D eigenvalue weighted by atomic mass is 10.1. The van der Waals surface area contributed by atoms with Crippen LogP contribution in [0.3, 0.4) is 0 Å². The fourth-order valence-corrected chi connectivity index (χ4v) is 5.18. The average molecular weight is 472 g/mol. The van der Waals surface area contributed by atoms with Crippen LogP contribution in [0, 0.1) is 5.82 Å². The molecule has 0 aliphatic carbocycles. The van der Waals surface area contributed by atoms with Gasteiger partial charge in [-0.1, -0.05) is 12.1 Å². The van der Waals surface area contributed by atoms with Gasteiger partial charge in [0.25, 0.3) is 11.8 Å². The lowest BCUT2D eigenvalue weighted by Gasteiger charge is -2.17. The number of carbonyl (C=O) groups is 2. The second kappa shape index (κ2) is 9.55. The summed E-state index contributed by atoms with van der Waals surface area (Å²) in [5.74, 6) is -1.45. The molecule has 3 aromatic rings. The Kier molecular flexibility index (Phi) is 6.57. The van der Waals surface area contributed by atoms with Crippen molar-refractivity contribution in [3.63, 3.8) is 0 Å². The zero-order valence-corrected chi connectivity index (χ0v) is 18.4. The third-order valence-electron chi connectivity index (χ3n) is 5.30. The van der Waals surface area contributed by atoms with Crippen molar-refractivity contribution < 1.29 is 26.8 Å². The number of hydrogen-bond donors (Lipinski definition) is 2. The second-order valence-corrected chi connectivity index (χ2v) is 9.42. The number of benzene rings is 2. The Hall–Kier alpha value is -3.50. The maximum absolute atomic E-state index is 14.4. The van der Waals surface area contributed by atoms with Gasteiger partial charge < -0.3 is 15.1 Å². The zero-order chi connectivity index (χ0) is 23.4. The summed E-state index contributed by atoms with van der Waals surface area (Å²) in [5, 5.41) is 5.32. The molecule has 0 unspecified atom stereocenters. The van der Waals surface area contributed by atoms with Gasteiger partial charge in [-0.25, -0.2) is 12.8 Å². The van der Waals surface area contributed by atoms with E-state index in [0.29, 0.717) is 31.7 Å². The molecule has 2 aromatic carbocycles. The first kappa shape index (κ1) is 22.7. The van der Waals surface area contributed by atoms with Gasteiger partial charge >= 0.3 is 0 Å². The quantitative estimate of drug-likeness (QED) is 0.549. The van der Waals surface area contributed by atoms with Gasteiger partial charge in [-0.15, -0.1) is 0 Å². The van der Waals surface area contributed by atoms with Crippen LogP contribution in [0.4, 0.5) is 10.1 Å². The Morgan fingerprint density at radius 1 is 1.00 bits per heavy atom. The van der Waals surface area contributed by atoms with Gasteiger partial charge in [0.05, 0.1) is 24.1 Å². The molecule has 0 atom stereocenters. The second-order valence-electron chi connectivity index (χ2n) is 7.52. The van der Waals surface area contributed by atoms with Crippen LogP contribution in [0.15, 0.2) is 70.2 Å². The van der Waals surface area contributed by atoms with Crippen LogP contribution in [0.5, 0.6) is 0 Å². The van der Waals surface area contributed by atoms with E-state index in [1.807, 2.05) is 0 Å². The molecule has 8 nitrogen and oxygen atoms in total. The smallest absolute Gasteiger partial charge is 0.255 e. The number of amides is 2. The molecule has 4 rings (SSSR count). The summed E-state index contributed by atoms with van der Waals surface area (Å²) in [6, 6.07) is 13.0. The van der Waals surface area contributed by atoms with E-state index in [0.717, 1.165) is 12.1 Å². The summed E-state index contributed by atoms with van der Waals surface area (Å²) in [6.45, 7) is 0.807. The first-order valence-electron chi connectivity index (χ1n) is 10.4. The summed E-state index contributed by atoms with van der Waals surface area (Å²) < 4.78 is 46.4. The highest BCUT2D eigenvalue weighted by molar-refractivity contribution is 7.89. The fraction of sp³-hybridized carbons (Fsp3) is 0.217. The molecule has 33 heavy (non-hydrogen) atoms. The highest BCUT2D eigenvalue weighted by Gasteiger charge is 2.30. The van der Waals surface area contributed by atoms with Crippen molar-refractivity contribution >= 4 is 27.5 Å². The predicted molar refractivity (Wildman–Crippen MR) is 119 cm³/mol. The van der Waals surface area contributed by atoms with Gasteiger partial charge in [-0.05, 0) is 55.3 Å².